The third kappa shape index (κ3) is 5.34. The molecule has 3 aromatic carbocycles. The molecule has 1 aliphatic rings. The van der Waals surface area contributed by atoms with Gasteiger partial charge in [0.25, 0.3) is 5.91 Å². The molecule has 0 unspecified atom stereocenters. The molecule has 1 aliphatic heterocycles. The Kier molecular flexibility index (Phi) is 6.93. The second kappa shape index (κ2) is 10.2. The summed E-state index contributed by atoms with van der Waals surface area (Å²) in [5.41, 5.74) is 3.14. The van der Waals surface area contributed by atoms with Crippen molar-refractivity contribution in [2.24, 2.45) is 0 Å². The van der Waals surface area contributed by atoms with Gasteiger partial charge in [0, 0.05) is 29.7 Å². The Bertz CT molecular complexity index is 1120. The van der Waals surface area contributed by atoms with Gasteiger partial charge in [0.2, 0.25) is 5.91 Å². The molecule has 33 heavy (non-hydrogen) atoms. The van der Waals surface area contributed by atoms with Crippen LogP contribution in [0.15, 0.2) is 72.8 Å². The first-order chi connectivity index (χ1) is 16.0. The quantitative estimate of drug-likeness (QED) is 0.546. The molecule has 2 amide bonds. The van der Waals surface area contributed by atoms with E-state index in [1.807, 2.05) is 62.4 Å². The van der Waals surface area contributed by atoms with Crippen molar-refractivity contribution in [3.8, 4) is 11.5 Å². The average molecular weight is 445 g/mol. The van der Waals surface area contributed by atoms with Gasteiger partial charge in [-0.25, -0.2) is 0 Å². The number of carbonyl (C=O) groups is 2. The van der Waals surface area contributed by atoms with Crippen LogP contribution in [0.25, 0.3) is 0 Å². The van der Waals surface area contributed by atoms with E-state index in [2.05, 4.69) is 10.6 Å². The Hall–Kier alpha value is -3.80. The lowest BCUT2D eigenvalue weighted by molar-refractivity contribution is -0.123. The predicted molar refractivity (Wildman–Crippen MR) is 126 cm³/mol. The lowest BCUT2D eigenvalue weighted by atomic mass is 10.0. The average Bonchev–Trinajstić information content (AvgIpc) is 3.20. The highest BCUT2D eigenvalue weighted by Crippen LogP contribution is 2.35. The van der Waals surface area contributed by atoms with Crippen molar-refractivity contribution in [2.75, 3.05) is 6.61 Å². The van der Waals surface area contributed by atoms with Crippen molar-refractivity contribution >= 4 is 11.8 Å². The molecule has 0 radical (unpaired) electrons. The van der Waals surface area contributed by atoms with Crippen LogP contribution in [-0.2, 0) is 17.8 Å². The molecule has 0 saturated heterocycles. The van der Waals surface area contributed by atoms with Crippen LogP contribution in [-0.4, -0.2) is 24.5 Å². The summed E-state index contributed by atoms with van der Waals surface area (Å²) >= 11 is 0. The maximum atomic E-state index is 13.2. The highest BCUT2D eigenvalue weighted by Gasteiger charge is 2.25. The topological polar surface area (TPSA) is 76.7 Å². The lowest BCUT2D eigenvalue weighted by Crippen LogP contribution is -2.40. The third-order valence-corrected chi connectivity index (χ3v) is 5.54. The van der Waals surface area contributed by atoms with Gasteiger partial charge in [-0.1, -0.05) is 48.5 Å². The van der Waals surface area contributed by atoms with E-state index in [1.165, 1.54) is 0 Å². The van der Waals surface area contributed by atoms with Crippen molar-refractivity contribution < 1.29 is 19.1 Å². The number of hydrogen-bond donors (Lipinski definition) is 2. The Balaban J connectivity index is 1.53. The van der Waals surface area contributed by atoms with Crippen LogP contribution in [0.5, 0.6) is 11.5 Å². The third-order valence-electron chi connectivity index (χ3n) is 5.54. The van der Waals surface area contributed by atoms with Gasteiger partial charge < -0.3 is 20.1 Å². The van der Waals surface area contributed by atoms with Crippen molar-refractivity contribution in [3.05, 3.63) is 95.1 Å². The SMILES string of the molecule is CCOc1cc2c(cc1CNC(=O)[C@@H](NC(=O)c1ccccc1)c1ccccc1)O[C@H](C)C2. The number of nitrogens with one attached hydrogen (secondary N) is 2. The summed E-state index contributed by atoms with van der Waals surface area (Å²) in [6.07, 6.45) is 0.957. The highest BCUT2D eigenvalue weighted by atomic mass is 16.5. The maximum Gasteiger partial charge on any atom is 0.252 e. The van der Waals surface area contributed by atoms with Crippen LogP contribution in [0.2, 0.25) is 0 Å². The summed E-state index contributed by atoms with van der Waals surface area (Å²) in [4.78, 5) is 26.0. The minimum absolute atomic E-state index is 0.120. The second-order valence-corrected chi connectivity index (χ2v) is 8.03. The van der Waals surface area contributed by atoms with E-state index in [0.29, 0.717) is 17.7 Å². The number of ether oxygens (including phenoxy) is 2. The number of fused-ring (bicyclic) bond motifs is 1. The number of hydrogen-bond acceptors (Lipinski definition) is 4. The van der Waals surface area contributed by atoms with Crippen LogP contribution in [0.4, 0.5) is 0 Å². The van der Waals surface area contributed by atoms with E-state index >= 15 is 0 Å². The largest absolute Gasteiger partial charge is 0.494 e. The van der Waals surface area contributed by atoms with Gasteiger partial charge in [0.15, 0.2) is 0 Å². The molecule has 4 rings (SSSR count). The molecule has 170 valence electrons. The van der Waals surface area contributed by atoms with Crippen LogP contribution in [0.3, 0.4) is 0 Å². The number of carbonyl (C=O) groups excluding carboxylic acids is 2. The molecule has 6 nitrogen and oxygen atoms in total. The summed E-state index contributed by atoms with van der Waals surface area (Å²) in [6, 6.07) is 21.2. The fourth-order valence-corrected chi connectivity index (χ4v) is 3.94. The van der Waals surface area contributed by atoms with E-state index in [9.17, 15) is 9.59 Å². The maximum absolute atomic E-state index is 13.2. The fraction of sp³-hybridized carbons (Fsp3) is 0.259. The zero-order valence-electron chi connectivity index (χ0n) is 18.8. The summed E-state index contributed by atoms with van der Waals surface area (Å²) in [5.74, 6) is 0.947. The molecule has 0 saturated carbocycles. The van der Waals surface area contributed by atoms with Gasteiger partial charge in [-0.15, -0.1) is 0 Å². The summed E-state index contributed by atoms with van der Waals surface area (Å²) < 4.78 is 11.7. The Morgan fingerprint density at radius 3 is 2.45 bits per heavy atom. The summed E-state index contributed by atoms with van der Waals surface area (Å²) in [7, 11) is 0. The molecule has 6 heteroatoms. The molecule has 0 fully saturated rings. The molecule has 0 bridgehead atoms. The zero-order chi connectivity index (χ0) is 23.2. The standard InChI is InChI=1S/C27H28N2O4/c1-3-32-23-15-21-14-18(2)33-24(21)16-22(23)17-28-27(31)25(19-10-6-4-7-11-19)29-26(30)20-12-8-5-9-13-20/h4-13,15-16,18,25H,3,14,17H2,1-2H3,(H,28,31)(H,29,30)/t18-,25+/m1/s1. The summed E-state index contributed by atoms with van der Waals surface area (Å²) in [6.45, 7) is 4.74. The van der Waals surface area contributed by atoms with Crippen molar-refractivity contribution in [2.45, 2.75) is 39.0 Å². The van der Waals surface area contributed by atoms with Gasteiger partial charge in [-0.05, 0) is 43.7 Å². The first-order valence-corrected chi connectivity index (χ1v) is 11.2. The Morgan fingerprint density at radius 1 is 1.06 bits per heavy atom. The lowest BCUT2D eigenvalue weighted by Gasteiger charge is -2.20. The molecular formula is C27H28N2O4. The normalized spacial score (nSPS) is 15.2. The molecule has 0 spiro atoms. The van der Waals surface area contributed by atoms with E-state index in [1.54, 1.807) is 24.3 Å². The van der Waals surface area contributed by atoms with E-state index in [0.717, 1.165) is 29.0 Å². The minimum atomic E-state index is -0.833. The van der Waals surface area contributed by atoms with Gasteiger partial charge in [-0.3, -0.25) is 9.59 Å². The molecule has 0 aliphatic carbocycles. The van der Waals surface area contributed by atoms with Crippen molar-refractivity contribution in [1.29, 1.82) is 0 Å². The van der Waals surface area contributed by atoms with Crippen LogP contribution in [0, 0.1) is 0 Å². The highest BCUT2D eigenvalue weighted by molar-refractivity contribution is 5.97. The molecule has 1 heterocycles. The van der Waals surface area contributed by atoms with Gasteiger partial charge in [0.05, 0.1) is 6.61 Å². The summed E-state index contributed by atoms with van der Waals surface area (Å²) in [5, 5.41) is 5.83. The number of amides is 2. The zero-order valence-corrected chi connectivity index (χ0v) is 18.8. The van der Waals surface area contributed by atoms with Crippen LogP contribution < -0.4 is 20.1 Å². The predicted octanol–water partition coefficient (Wildman–Crippen LogP) is 4.20. The molecule has 0 aromatic heterocycles. The van der Waals surface area contributed by atoms with E-state index in [-0.39, 0.29) is 24.5 Å². The van der Waals surface area contributed by atoms with Crippen molar-refractivity contribution in [3.63, 3.8) is 0 Å². The van der Waals surface area contributed by atoms with Gasteiger partial charge >= 0.3 is 0 Å². The van der Waals surface area contributed by atoms with E-state index < -0.39 is 6.04 Å². The molecule has 2 atom stereocenters. The van der Waals surface area contributed by atoms with Gasteiger partial charge in [-0.2, -0.15) is 0 Å². The first-order valence-electron chi connectivity index (χ1n) is 11.2. The second-order valence-electron chi connectivity index (χ2n) is 8.03. The monoisotopic (exact) mass is 444 g/mol. The molecule has 2 N–H and O–H groups in total. The first kappa shape index (κ1) is 22.4. The van der Waals surface area contributed by atoms with Gasteiger partial charge in [0.1, 0.15) is 23.6 Å². The molecule has 3 aromatic rings. The van der Waals surface area contributed by atoms with E-state index in [4.69, 9.17) is 9.47 Å². The van der Waals surface area contributed by atoms with Crippen LogP contribution in [0.1, 0.15) is 46.9 Å². The molecular weight excluding hydrogens is 416 g/mol. The Morgan fingerprint density at radius 2 is 1.76 bits per heavy atom. The van der Waals surface area contributed by atoms with Crippen molar-refractivity contribution in [1.82, 2.24) is 10.6 Å². The Labute approximate surface area is 193 Å². The smallest absolute Gasteiger partial charge is 0.252 e. The number of benzene rings is 3. The minimum Gasteiger partial charge on any atom is -0.494 e. The number of rotatable bonds is 8. The fourth-order valence-electron chi connectivity index (χ4n) is 3.94. The van der Waals surface area contributed by atoms with Crippen LogP contribution >= 0.6 is 0 Å².